The van der Waals surface area contributed by atoms with Crippen LogP contribution in [0.3, 0.4) is 0 Å². The second-order valence-corrected chi connectivity index (χ2v) is 6.13. The highest BCUT2D eigenvalue weighted by Gasteiger charge is 2.12. The van der Waals surface area contributed by atoms with Crippen LogP contribution in [0.2, 0.25) is 0 Å². The van der Waals surface area contributed by atoms with E-state index < -0.39 is 5.97 Å². The number of nitrogens with zero attached hydrogens (tertiary/aromatic N) is 1. The van der Waals surface area contributed by atoms with Gasteiger partial charge in [-0.15, -0.1) is 0 Å². The molecule has 3 aromatic rings. The Labute approximate surface area is 168 Å². The standard InChI is InChI=1S/C22H21N3O4/c1-28-17-10-7-15(8-11-17)13-24-21(26)20-12-9-16(14-23-20)25-19-6-4-3-5-18(19)22(27)29-2/h3-12,14,25H,13H2,1-2H3,(H,24,26). The maximum atomic E-state index is 12.3. The highest BCUT2D eigenvalue weighted by molar-refractivity contribution is 5.96. The number of nitrogens with one attached hydrogen (secondary N) is 2. The Balaban J connectivity index is 1.62. The van der Waals surface area contributed by atoms with E-state index in [2.05, 4.69) is 15.6 Å². The highest BCUT2D eigenvalue weighted by Crippen LogP contribution is 2.21. The van der Waals surface area contributed by atoms with Gasteiger partial charge in [-0.05, 0) is 42.0 Å². The number of aromatic nitrogens is 1. The van der Waals surface area contributed by atoms with Crippen LogP contribution in [-0.2, 0) is 11.3 Å². The van der Waals surface area contributed by atoms with Gasteiger partial charge in [0.15, 0.2) is 0 Å². The average molecular weight is 391 g/mol. The molecule has 0 atom stereocenters. The number of amides is 1. The fourth-order valence-electron chi connectivity index (χ4n) is 2.65. The number of pyridine rings is 1. The first-order valence-corrected chi connectivity index (χ1v) is 8.92. The van der Waals surface area contributed by atoms with Gasteiger partial charge in [0.2, 0.25) is 0 Å². The number of carbonyl (C=O) groups is 2. The number of esters is 1. The minimum atomic E-state index is -0.435. The van der Waals surface area contributed by atoms with Crippen LogP contribution in [0.25, 0.3) is 0 Å². The normalized spacial score (nSPS) is 10.1. The molecule has 0 radical (unpaired) electrons. The fraction of sp³-hybridized carbons (Fsp3) is 0.136. The number of hydrogen-bond acceptors (Lipinski definition) is 6. The molecule has 0 fully saturated rings. The molecule has 148 valence electrons. The highest BCUT2D eigenvalue weighted by atomic mass is 16.5. The van der Waals surface area contributed by atoms with Gasteiger partial charge in [0.05, 0.1) is 37.4 Å². The SMILES string of the molecule is COC(=O)c1ccccc1Nc1ccc(C(=O)NCc2ccc(OC)cc2)nc1. The Morgan fingerprint density at radius 1 is 0.966 bits per heavy atom. The van der Waals surface area contributed by atoms with E-state index in [0.717, 1.165) is 11.3 Å². The van der Waals surface area contributed by atoms with Gasteiger partial charge in [0.1, 0.15) is 11.4 Å². The summed E-state index contributed by atoms with van der Waals surface area (Å²) in [7, 11) is 2.94. The van der Waals surface area contributed by atoms with Crippen molar-refractivity contribution in [3.05, 3.63) is 83.7 Å². The molecule has 7 heteroatoms. The number of anilines is 2. The van der Waals surface area contributed by atoms with E-state index >= 15 is 0 Å². The summed E-state index contributed by atoms with van der Waals surface area (Å²) in [6.45, 7) is 0.386. The van der Waals surface area contributed by atoms with Crippen LogP contribution >= 0.6 is 0 Å². The summed E-state index contributed by atoms with van der Waals surface area (Å²) in [6, 6.07) is 17.8. The van der Waals surface area contributed by atoms with E-state index in [9.17, 15) is 9.59 Å². The minimum absolute atomic E-state index is 0.276. The first-order valence-electron chi connectivity index (χ1n) is 8.92. The van der Waals surface area contributed by atoms with Crippen molar-refractivity contribution in [2.45, 2.75) is 6.54 Å². The zero-order chi connectivity index (χ0) is 20.6. The number of carbonyl (C=O) groups excluding carboxylic acids is 2. The van der Waals surface area contributed by atoms with Crippen molar-refractivity contribution >= 4 is 23.3 Å². The molecule has 0 aliphatic heterocycles. The molecular weight excluding hydrogens is 370 g/mol. The fourth-order valence-corrected chi connectivity index (χ4v) is 2.65. The summed E-state index contributed by atoms with van der Waals surface area (Å²) in [4.78, 5) is 28.4. The van der Waals surface area contributed by atoms with Gasteiger partial charge in [-0.3, -0.25) is 4.79 Å². The number of methoxy groups -OCH3 is 2. The lowest BCUT2D eigenvalue weighted by Gasteiger charge is -2.11. The molecule has 0 unspecified atom stereocenters. The third-order valence-corrected chi connectivity index (χ3v) is 4.22. The molecule has 1 amide bonds. The summed E-state index contributed by atoms with van der Waals surface area (Å²) < 4.78 is 9.90. The van der Waals surface area contributed by atoms with E-state index in [0.29, 0.717) is 29.2 Å². The number of ether oxygens (including phenoxy) is 2. The van der Waals surface area contributed by atoms with Crippen LogP contribution in [0.1, 0.15) is 26.4 Å². The van der Waals surface area contributed by atoms with E-state index in [-0.39, 0.29) is 5.91 Å². The largest absolute Gasteiger partial charge is 0.497 e. The van der Waals surface area contributed by atoms with Gasteiger partial charge in [-0.25, -0.2) is 9.78 Å². The van der Waals surface area contributed by atoms with E-state index in [1.54, 1.807) is 37.4 Å². The summed E-state index contributed by atoms with van der Waals surface area (Å²) in [6.07, 6.45) is 1.54. The molecule has 0 bridgehead atoms. The predicted molar refractivity (Wildman–Crippen MR) is 109 cm³/mol. The number of para-hydroxylation sites is 1. The molecule has 0 aliphatic rings. The van der Waals surface area contributed by atoms with Crippen LogP contribution in [0, 0.1) is 0 Å². The molecule has 0 aliphatic carbocycles. The second kappa shape index (κ2) is 9.36. The summed E-state index contributed by atoms with van der Waals surface area (Å²) in [5.41, 5.74) is 2.91. The average Bonchev–Trinajstić information content (AvgIpc) is 2.78. The molecule has 7 nitrogen and oxygen atoms in total. The molecule has 29 heavy (non-hydrogen) atoms. The molecular formula is C22H21N3O4. The lowest BCUT2D eigenvalue weighted by atomic mass is 10.1. The maximum absolute atomic E-state index is 12.3. The lowest BCUT2D eigenvalue weighted by Crippen LogP contribution is -2.23. The summed E-state index contributed by atoms with van der Waals surface area (Å²) in [5.74, 6) is 0.0523. The van der Waals surface area contributed by atoms with Crippen molar-refractivity contribution in [2.75, 3.05) is 19.5 Å². The van der Waals surface area contributed by atoms with Crippen LogP contribution in [0.4, 0.5) is 11.4 Å². The second-order valence-electron chi connectivity index (χ2n) is 6.13. The molecule has 1 heterocycles. The van der Waals surface area contributed by atoms with Gasteiger partial charge in [-0.2, -0.15) is 0 Å². The van der Waals surface area contributed by atoms with Crippen LogP contribution < -0.4 is 15.4 Å². The quantitative estimate of drug-likeness (QED) is 0.599. The summed E-state index contributed by atoms with van der Waals surface area (Å²) in [5, 5.41) is 5.95. The summed E-state index contributed by atoms with van der Waals surface area (Å²) >= 11 is 0. The van der Waals surface area contributed by atoms with Crippen molar-refractivity contribution in [3.8, 4) is 5.75 Å². The van der Waals surface area contributed by atoms with Crippen LogP contribution in [0.5, 0.6) is 5.75 Å². The van der Waals surface area contributed by atoms with E-state index in [1.165, 1.54) is 13.3 Å². The number of rotatable bonds is 7. The van der Waals surface area contributed by atoms with Gasteiger partial charge in [0.25, 0.3) is 5.91 Å². The third-order valence-electron chi connectivity index (χ3n) is 4.22. The van der Waals surface area contributed by atoms with Gasteiger partial charge < -0.3 is 20.1 Å². The van der Waals surface area contributed by atoms with Gasteiger partial charge in [-0.1, -0.05) is 24.3 Å². The van der Waals surface area contributed by atoms with Gasteiger partial charge >= 0.3 is 5.97 Å². The number of hydrogen-bond donors (Lipinski definition) is 2. The zero-order valence-corrected chi connectivity index (χ0v) is 16.1. The van der Waals surface area contributed by atoms with Gasteiger partial charge in [0, 0.05) is 6.54 Å². The van der Waals surface area contributed by atoms with Crippen molar-refractivity contribution < 1.29 is 19.1 Å². The predicted octanol–water partition coefficient (Wildman–Crippen LogP) is 3.55. The Kier molecular flexibility index (Phi) is 6.42. The molecule has 2 N–H and O–H groups in total. The van der Waals surface area contributed by atoms with Crippen LogP contribution in [-0.4, -0.2) is 31.1 Å². The molecule has 0 saturated heterocycles. The van der Waals surface area contributed by atoms with Crippen molar-refractivity contribution in [1.82, 2.24) is 10.3 Å². The van der Waals surface area contributed by atoms with Crippen molar-refractivity contribution in [2.24, 2.45) is 0 Å². The number of benzene rings is 2. The Hall–Kier alpha value is -3.87. The molecule has 1 aromatic heterocycles. The van der Waals surface area contributed by atoms with Crippen LogP contribution in [0.15, 0.2) is 66.9 Å². The molecule has 3 rings (SSSR count). The maximum Gasteiger partial charge on any atom is 0.339 e. The van der Waals surface area contributed by atoms with E-state index in [4.69, 9.17) is 9.47 Å². The Morgan fingerprint density at radius 2 is 1.72 bits per heavy atom. The smallest absolute Gasteiger partial charge is 0.339 e. The molecule has 0 saturated carbocycles. The van der Waals surface area contributed by atoms with Crippen molar-refractivity contribution in [1.29, 1.82) is 0 Å². The first kappa shape index (κ1) is 19.9. The Morgan fingerprint density at radius 3 is 2.38 bits per heavy atom. The topological polar surface area (TPSA) is 89.5 Å². The minimum Gasteiger partial charge on any atom is -0.497 e. The molecule has 2 aromatic carbocycles. The molecule has 0 spiro atoms. The monoisotopic (exact) mass is 391 g/mol. The Bertz CT molecular complexity index is 986. The van der Waals surface area contributed by atoms with Crippen molar-refractivity contribution in [3.63, 3.8) is 0 Å². The van der Waals surface area contributed by atoms with E-state index in [1.807, 2.05) is 30.3 Å². The third kappa shape index (κ3) is 5.10. The zero-order valence-electron chi connectivity index (χ0n) is 16.1. The first-order chi connectivity index (χ1) is 14.1. The lowest BCUT2D eigenvalue weighted by molar-refractivity contribution is 0.0601.